The number of hydrogen-bond donors (Lipinski definition) is 3. The second kappa shape index (κ2) is 6.08. The molecule has 0 fully saturated rings. The third-order valence-electron chi connectivity index (χ3n) is 1.61. The monoisotopic (exact) mass is 226 g/mol. The van der Waals surface area contributed by atoms with Crippen molar-refractivity contribution in [3.63, 3.8) is 0 Å². The molecule has 3 nitrogen and oxygen atoms in total. The van der Waals surface area contributed by atoms with Crippen molar-refractivity contribution in [3.05, 3.63) is 35.6 Å². The molecule has 1 rings (SSSR count). The lowest BCUT2D eigenvalue weighted by Gasteiger charge is -1.98. The Balaban J connectivity index is 2.48. The van der Waals surface area contributed by atoms with Crippen LogP contribution in [-0.2, 0) is 0 Å². The standard InChI is InChI=1S/C10H12FN3S/c1-2-12-10(15)14-13-7-8-4-3-5-9(11)6-8/h3-7H,2H2,1H3,(H2,12,14,15)/p+1. The topological polar surface area (TPSA) is 38.0 Å². The highest BCUT2D eigenvalue weighted by atomic mass is 32.1. The summed E-state index contributed by atoms with van der Waals surface area (Å²) in [6, 6.07) is 6.25. The van der Waals surface area contributed by atoms with Gasteiger partial charge < -0.3 is 5.32 Å². The van der Waals surface area contributed by atoms with Crippen LogP contribution in [0.4, 0.5) is 4.39 Å². The van der Waals surface area contributed by atoms with Gasteiger partial charge in [0.25, 0.3) is 0 Å². The molecule has 3 N–H and O–H groups in total. The Morgan fingerprint density at radius 3 is 3.07 bits per heavy atom. The van der Waals surface area contributed by atoms with Crippen LogP contribution in [0.5, 0.6) is 0 Å². The van der Waals surface area contributed by atoms with Gasteiger partial charge in [-0.25, -0.2) is 4.39 Å². The van der Waals surface area contributed by atoms with E-state index in [4.69, 9.17) is 12.2 Å². The van der Waals surface area contributed by atoms with Crippen molar-refractivity contribution in [2.45, 2.75) is 6.92 Å². The van der Waals surface area contributed by atoms with E-state index in [1.54, 1.807) is 18.3 Å². The molecular weight excluding hydrogens is 213 g/mol. The first kappa shape index (κ1) is 11.6. The second-order valence-corrected chi connectivity index (χ2v) is 3.24. The van der Waals surface area contributed by atoms with Crippen molar-refractivity contribution in [3.8, 4) is 0 Å². The third-order valence-corrected chi connectivity index (χ3v) is 1.86. The van der Waals surface area contributed by atoms with Crippen LogP contribution in [0.25, 0.3) is 0 Å². The molecule has 80 valence electrons. The molecule has 0 heterocycles. The Morgan fingerprint density at radius 1 is 1.60 bits per heavy atom. The molecule has 1 aromatic carbocycles. The van der Waals surface area contributed by atoms with Crippen molar-refractivity contribution in [2.75, 3.05) is 6.54 Å². The molecular formula is C10H13FN3S+. The number of rotatable bonds is 3. The van der Waals surface area contributed by atoms with Gasteiger partial charge in [0.15, 0.2) is 6.21 Å². The Hall–Kier alpha value is -1.49. The van der Waals surface area contributed by atoms with Gasteiger partial charge in [-0.3, -0.25) is 0 Å². The van der Waals surface area contributed by atoms with Gasteiger partial charge in [0.1, 0.15) is 5.82 Å². The maximum absolute atomic E-state index is 12.8. The van der Waals surface area contributed by atoms with E-state index < -0.39 is 0 Å². The molecule has 0 saturated carbocycles. The molecule has 0 amide bonds. The first-order valence-electron chi connectivity index (χ1n) is 4.60. The zero-order valence-electron chi connectivity index (χ0n) is 8.38. The van der Waals surface area contributed by atoms with Gasteiger partial charge in [-0.05, 0) is 37.3 Å². The number of hydrogen-bond acceptors (Lipinski definition) is 1. The lowest BCUT2D eigenvalue weighted by atomic mass is 10.2. The fourth-order valence-corrected chi connectivity index (χ4v) is 1.19. The van der Waals surface area contributed by atoms with Crippen LogP contribution in [0.2, 0.25) is 0 Å². The van der Waals surface area contributed by atoms with Gasteiger partial charge in [-0.15, -0.1) is 10.5 Å². The number of hydrazine groups is 1. The van der Waals surface area contributed by atoms with Crippen LogP contribution in [0.15, 0.2) is 24.3 Å². The molecule has 0 saturated heterocycles. The van der Waals surface area contributed by atoms with Gasteiger partial charge in [-0.2, -0.15) is 0 Å². The molecule has 0 spiro atoms. The van der Waals surface area contributed by atoms with Crippen molar-refractivity contribution in [2.24, 2.45) is 0 Å². The Labute approximate surface area is 93.4 Å². The van der Waals surface area contributed by atoms with Crippen LogP contribution in [0, 0.1) is 5.82 Å². The van der Waals surface area contributed by atoms with Gasteiger partial charge >= 0.3 is 0 Å². The highest BCUT2D eigenvalue weighted by molar-refractivity contribution is 7.80. The first-order chi connectivity index (χ1) is 7.22. The average molecular weight is 226 g/mol. The van der Waals surface area contributed by atoms with Gasteiger partial charge in [-0.1, -0.05) is 6.07 Å². The molecule has 0 aromatic heterocycles. The summed E-state index contributed by atoms with van der Waals surface area (Å²) in [7, 11) is 0. The molecule has 1 aromatic rings. The molecule has 5 heteroatoms. The number of thiocarbonyl (C=S) groups is 1. The Bertz CT molecular complexity index is 365. The Kier molecular flexibility index (Phi) is 4.70. The maximum atomic E-state index is 12.8. The van der Waals surface area contributed by atoms with Crippen molar-refractivity contribution in [1.82, 2.24) is 10.7 Å². The largest absolute Gasteiger partial charge is 0.359 e. The highest BCUT2D eigenvalue weighted by Gasteiger charge is 1.95. The van der Waals surface area contributed by atoms with Gasteiger partial charge in [0.05, 0.1) is 0 Å². The molecule has 15 heavy (non-hydrogen) atoms. The minimum Gasteiger partial charge on any atom is -0.359 e. The minimum absolute atomic E-state index is 0.264. The lowest BCUT2D eigenvalue weighted by molar-refractivity contribution is -0.500. The SMILES string of the molecule is CCNC(=S)N[NH+]=Cc1cccc(F)c1. The molecule has 0 atom stereocenters. The van der Waals surface area contributed by atoms with Crippen LogP contribution in [0.1, 0.15) is 12.5 Å². The predicted molar refractivity (Wildman–Crippen MR) is 61.9 cm³/mol. The fraction of sp³-hybridized carbons (Fsp3) is 0.200. The van der Waals surface area contributed by atoms with Gasteiger partial charge in [0.2, 0.25) is 5.11 Å². The summed E-state index contributed by atoms with van der Waals surface area (Å²) in [5.41, 5.74) is 3.48. The van der Waals surface area contributed by atoms with Crippen molar-refractivity contribution >= 4 is 23.5 Å². The summed E-state index contributed by atoms with van der Waals surface area (Å²) in [5.74, 6) is -0.264. The fourth-order valence-electron chi connectivity index (χ4n) is 0.986. The lowest BCUT2D eigenvalue weighted by Crippen LogP contribution is -2.82. The van der Waals surface area contributed by atoms with E-state index >= 15 is 0 Å². The smallest absolute Gasteiger partial charge is 0.223 e. The zero-order valence-corrected chi connectivity index (χ0v) is 9.20. The van der Waals surface area contributed by atoms with Crippen LogP contribution in [0.3, 0.4) is 0 Å². The van der Waals surface area contributed by atoms with E-state index in [1.165, 1.54) is 12.1 Å². The number of benzene rings is 1. The van der Waals surface area contributed by atoms with Gasteiger partial charge in [0, 0.05) is 12.1 Å². The van der Waals surface area contributed by atoms with E-state index in [0.717, 1.165) is 12.1 Å². The normalized spacial score (nSPS) is 10.3. The average Bonchev–Trinajstić information content (AvgIpc) is 2.18. The quantitative estimate of drug-likeness (QED) is 0.377. The van der Waals surface area contributed by atoms with Crippen LogP contribution < -0.4 is 15.8 Å². The highest BCUT2D eigenvalue weighted by Crippen LogP contribution is 1.98. The van der Waals surface area contributed by atoms with Crippen LogP contribution in [-0.4, -0.2) is 17.9 Å². The molecule has 0 aliphatic heterocycles. The number of halogens is 1. The first-order valence-corrected chi connectivity index (χ1v) is 5.01. The van der Waals surface area contributed by atoms with Crippen molar-refractivity contribution in [1.29, 1.82) is 0 Å². The predicted octanol–water partition coefficient (Wildman–Crippen LogP) is -0.276. The molecule has 0 aliphatic rings. The summed E-state index contributed by atoms with van der Waals surface area (Å²) in [6.07, 6.45) is 1.63. The summed E-state index contributed by atoms with van der Waals surface area (Å²) < 4.78 is 12.8. The minimum atomic E-state index is -0.264. The van der Waals surface area contributed by atoms with E-state index in [2.05, 4.69) is 15.8 Å². The number of hydrazone groups is 1. The van der Waals surface area contributed by atoms with E-state index in [0.29, 0.717) is 5.11 Å². The summed E-state index contributed by atoms with van der Waals surface area (Å²) in [5, 5.41) is 6.18. The summed E-state index contributed by atoms with van der Waals surface area (Å²) in [6.45, 7) is 2.71. The molecule has 0 aliphatic carbocycles. The maximum Gasteiger partial charge on any atom is 0.223 e. The molecule has 0 radical (unpaired) electrons. The summed E-state index contributed by atoms with van der Waals surface area (Å²) >= 11 is 4.92. The van der Waals surface area contributed by atoms with E-state index in [1.807, 2.05) is 6.92 Å². The van der Waals surface area contributed by atoms with E-state index in [-0.39, 0.29) is 5.82 Å². The zero-order chi connectivity index (χ0) is 11.1. The third kappa shape index (κ3) is 4.51. The molecule has 0 bridgehead atoms. The molecule has 0 unspecified atom stereocenters. The number of nitrogens with one attached hydrogen (secondary N) is 3. The Morgan fingerprint density at radius 2 is 2.40 bits per heavy atom. The van der Waals surface area contributed by atoms with Crippen LogP contribution >= 0.6 is 12.2 Å². The van der Waals surface area contributed by atoms with E-state index in [9.17, 15) is 4.39 Å². The summed E-state index contributed by atoms with van der Waals surface area (Å²) in [4.78, 5) is 0. The second-order valence-electron chi connectivity index (χ2n) is 2.83. The van der Waals surface area contributed by atoms with Crippen molar-refractivity contribution < 1.29 is 9.49 Å².